The van der Waals surface area contributed by atoms with Gasteiger partial charge in [0.15, 0.2) is 0 Å². The van der Waals surface area contributed by atoms with Gasteiger partial charge < -0.3 is 14.6 Å². The molecule has 1 N–H and O–H groups in total. The standard InChI is InChI=1S/C4H8O3.C4H6O2/c1-4(6)7-3-2-5;1-3-4(5)6-2/h5H,2-3H2,1H3;3H,1H2,2H3. The molecule has 0 saturated heterocycles. The summed E-state index contributed by atoms with van der Waals surface area (Å²) in [5.74, 6) is -0.746. The second kappa shape index (κ2) is 10.6. The van der Waals surface area contributed by atoms with Crippen molar-refractivity contribution >= 4 is 11.9 Å². The maximum absolute atomic E-state index is 9.87. The van der Waals surface area contributed by atoms with Gasteiger partial charge in [-0.05, 0) is 0 Å². The summed E-state index contributed by atoms with van der Waals surface area (Å²) in [4.78, 5) is 19.7. The zero-order chi connectivity index (χ0) is 10.7. The van der Waals surface area contributed by atoms with E-state index in [-0.39, 0.29) is 19.2 Å². The summed E-state index contributed by atoms with van der Waals surface area (Å²) in [6, 6.07) is 0. The summed E-state index contributed by atoms with van der Waals surface area (Å²) in [7, 11) is 1.31. The summed E-state index contributed by atoms with van der Waals surface area (Å²) in [6.07, 6.45) is 1.11. The molecule has 0 rings (SSSR count). The van der Waals surface area contributed by atoms with E-state index in [9.17, 15) is 9.59 Å². The lowest BCUT2D eigenvalue weighted by Crippen LogP contribution is -2.03. The van der Waals surface area contributed by atoms with Gasteiger partial charge in [-0.25, -0.2) is 4.79 Å². The molecule has 0 saturated carbocycles. The van der Waals surface area contributed by atoms with Crippen LogP contribution in [-0.4, -0.2) is 37.4 Å². The SMILES string of the molecule is C=CC(=O)OC.CC(=O)OCCO. The number of carbonyl (C=O) groups is 2. The summed E-state index contributed by atoms with van der Waals surface area (Å²) in [6.45, 7) is 4.47. The molecule has 76 valence electrons. The third kappa shape index (κ3) is 18.0. The molecule has 0 aromatic heterocycles. The summed E-state index contributed by atoms with van der Waals surface area (Å²) >= 11 is 0. The van der Waals surface area contributed by atoms with Crippen LogP contribution in [0.1, 0.15) is 6.92 Å². The van der Waals surface area contributed by atoms with Crippen LogP contribution in [0.5, 0.6) is 0 Å². The van der Waals surface area contributed by atoms with E-state index in [1.54, 1.807) is 0 Å². The largest absolute Gasteiger partial charge is 0.466 e. The van der Waals surface area contributed by atoms with Gasteiger partial charge in [0.25, 0.3) is 0 Å². The Morgan fingerprint density at radius 3 is 2.15 bits per heavy atom. The van der Waals surface area contributed by atoms with E-state index in [4.69, 9.17) is 5.11 Å². The van der Waals surface area contributed by atoms with Crippen LogP contribution in [0, 0.1) is 0 Å². The molecule has 0 fully saturated rings. The van der Waals surface area contributed by atoms with Crippen LogP contribution in [0.3, 0.4) is 0 Å². The number of aliphatic hydroxyl groups excluding tert-OH is 1. The monoisotopic (exact) mass is 190 g/mol. The number of esters is 2. The Morgan fingerprint density at radius 1 is 1.54 bits per heavy atom. The van der Waals surface area contributed by atoms with E-state index < -0.39 is 5.97 Å². The van der Waals surface area contributed by atoms with E-state index in [1.807, 2.05) is 0 Å². The fraction of sp³-hybridized carbons (Fsp3) is 0.500. The number of carbonyl (C=O) groups excluding carboxylic acids is 2. The second-order valence-corrected chi connectivity index (χ2v) is 1.79. The molecule has 0 aliphatic carbocycles. The van der Waals surface area contributed by atoms with Crippen LogP contribution in [-0.2, 0) is 19.1 Å². The van der Waals surface area contributed by atoms with Crippen LogP contribution in [0.2, 0.25) is 0 Å². The first kappa shape index (κ1) is 14.2. The third-order valence-electron chi connectivity index (χ3n) is 0.764. The highest BCUT2D eigenvalue weighted by atomic mass is 16.5. The van der Waals surface area contributed by atoms with Crippen molar-refractivity contribution in [2.45, 2.75) is 6.92 Å². The molecular weight excluding hydrogens is 176 g/mol. The highest BCUT2D eigenvalue weighted by Gasteiger charge is 1.86. The van der Waals surface area contributed by atoms with Gasteiger partial charge >= 0.3 is 11.9 Å². The molecule has 0 unspecified atom stereocenters. The Hall–Kier alpha value is -1.36. The van der Waals surface area contributed by atoms with Gasteiger partial charge in [0, 0.05) is 13.0 Å². The smallest absolute Gasteiger partial charge is 0.329 e. The average molecular weight is 190 g/mol. The summed E-state index contributed by atoms with van der Waals surface area (Å²) in [5, 5.41) is 8.04. The topological polar surface area (TPSA) is 72.8 Å². The van der Waals surface area contributed by atoms with Gasteiger partial charge in [0.05, 0.1) is 13.7 Å². The predicted molar refractivity (Wildman–Crippen MR) is 45.9 cm³/mol. The number of aliphatic hydroxyl groups is 1. The Labute approximate surface area is 77.0 Å². The minimum atomic E-state index is -0.394. The number of hydrogen-bond donors (Lipinski definition) is 1. The van der Waals surface area contributed by atoms with Crippen molar-refractivity contribution in [1.29, 1.82) is 0 Å². The fourth-order valence-electron chi connectivity index (χ4n) is 0.273. The molecule has 0 atom stereocenters. The van der Waals surface area contributed by atoms with Crippen LogP contribution >= 0.6 is 0 Å². The first-order valence-electron chi connectivity index (χ1n) is 3.53. The molecule has 0 spiro atoms. The minimum absolute atomic E-state index is 0.0976. The van der Waals surface area contributed by atoms with Crippen LogP contribution in [0.4, 0.5) is 0 Å². The number of ether oxygens (including phenoxy) is 2. The Balaban J connectivity index is 0. The normalized spacial score (nSPS) is 7.62. The molecule has 0 bridgehead atoms. The Kier molecular flexibility index (Phi) is 11.6. The van der Waals surface area contributed by atoms with Crippen molar-refractivity contribution in [2.75, 3.05) is 20.3 Å². The molecule has 0 amide bonds. The zero-order valence-corrected chi connectivity index (χ0v) is 7.78. The van der Waals surface area contributed by atoms with Crippen LogP contribution in [0.25, 0.3) is 0 Å². The second-order valence-electron chi connectivity index (χ2n) is 1.79. The molecule has 0 aliphatic rings. The highest BCUT2D eigenvalue weighted by Crippen LogP contribution is 1.71. The van der Waals surface area contributed by atoms with Gasteiger partial charge in [-0.15, -0.1) is 0 Å². The van der Waals surface area contributed by atoms with E-state index in [1.165, 1.54) is 14.0 Å². The van der Waals surface area contributed by atoms with Gasteiger partial charge in [-0.2, -0.15) is 0 Å². The van der Waals surface area contributed by atoms with Crippen molar-refractivity contribution in [3.8, 4) is 0 Å². The van der Waals surface area contributed by atoms with Gasteiger partial charge in [-0.1, -0.05) is 6.58 Å². The molecule has 0 aromatic carbocycles. The van der Waals surface area contributed by atoms with Crippen LogP contribution < -0.4 is 0 Å². The minimum Gasteiger partial charge on any atom is -0.466 e. The van der Waals surface area contributed by atoms with Gasteiger partial charge in [0.2, 0.25) is 0 Å². The van der Waals surface area contributed by atoms with Crippen LogP contribution in [0.15, 0.2) is 12.7 Å². The van der Waals surface area contributed by atoms with Gasteiger partial charge in [0.1, 0.15) is 6.61 Å². The van der Waals surface area contributed by atoms with E-state index in [2.05, 4.69) is 16.1 Å². The molecule has 5 heteroatoms. The van der Waals surface area contributed by atoms with Crippen molar-refractivity contribution in [3.63, 3.8) is 0 Å². The van der Waals surface area contributed by atoms with E-state index in [0.717, 1.165) is 6.08 Å². The first-order valence-corrected chi connectivity index (χ1v) is 3.53. The quantitative estimate of drug-likeness (QED) is 0.496. The lowest BCUT2D eigenvalue weighted by molar-refractivity contribution is -0.142. The molecule has 0 radical (unpaired) electrons. The number of methoxy groups -OCH3 is 1. The lowest BCUT2D eigenvalue weighted by Gasteiger charge is -1.93. The van der Waals surface area contributed by atoms with Crippen molar-refractivity contribution in [2.24, 2.45) is 0 Å². The number of rotatable bonds is 3. The first-order chi connectivity index (χ1) is 6.08. The zero-order valence-electron chi connectivity index (χ0n) is 7.78. The maximum Gasteiger partial charge on any atom is 0.329 e. The molecule has 0 aromatic rings. The third-order valence-corrected chi connectivity index (χ3v) is 0.764. The van der Waals surface area contributed by atoms with Crippen molar-refractivity contribution < 1.29 is 24.2 Å². The number of hydrogen-bond acceptors (Lipinski definition) is 5. The van der Waals surface area contributed by atoms with Gasteiger partial charge in [-0.3, -0.25) is 4.79 Å². The van der Waals surface area contributed by atoms with E-state index in [0.29, 0.717) is 0 Å². The van der Waals surface area contributed by atoms with Crippen molar-refractivity contribution in [3.05, 3.63) is 12.7 Å². The van der Waals surface area contributed by atoms with Crippen molar-refractivity contribution in [1.82, 2.24) is 0 Å². The Bertz CT molecular complexity index is 164. The molecule has 13 heavy (non-hydrogen) atoms. The fourth-order valence-corrected chi connectivity index (χ4v) is 0.273. The average Bonchev–Trinajstić information content (AvgIpc) is 2.14. The summed E-state index contributed by atoms with van der Waals surface area (Å²) < 4.78 is 8.44. The molecule has 0 aliphatic heterocycles. The molecule has 0 heterocycles. The van der Waals surface area contributed by atoms with E-state index >= 15 is 0 Å². The maximum atomic E-state index is 9.87. The lowest BCUT2D eigenvalue weighted by atomic mass is 10.7. The Morgan fingerprint density at radius 2 is 2.08 bits per heavy atom. The predicted octanol–water partition coefficient (Wildman–Crippen LogP) is -0.113. The molecular formula is C8H14O5. The highest BCUT2D eigenvalue weighted by molar-refractivity contribution is 5.80. The molecule has 5 nitrogen and oxygen atoms in total. The summed E-state index contributed by atoms with van der Waals surface area (Å²) in [5.41, 5.74) is 0.